The number of aryl methyl sites for hydroxylation is 2. The van der Waals surface area contributed by atoms with E-state index in [1.807, 2.05) is 13.8 Å². The molecule has 0 amide bonds. The van der Waals surface area contributed by atoms with E-state index in [2.05, 4.69) is 4.98 Å². The molecule has 0 atom stereocenters. The zero-order valence-electron chi connectivity index (χ0n) is 10.5. The summed E-state index contributed by atoms with van der Waals surface area (Å²) in [5.41, 5.74) is 1.28. The molecule has 1 aromatic carbocycles. The fourth-order valence-corrected chi connectivity index (χ4v) is 2.64. The highest BCUT2D eigenvalue weighted by atomic mass is 79.9. The van der Waals surface area contributed by atoms with Gasteiger partial charge in [-0.1, -0.05) is 11.3 Å². The van der Waals surface area contributed by atoms with Crippen LogP contribution in [0.3, 0.4) is 0 Å². The fraction of sp³-hybridized carbons (Fsp3) is 0.231. The molecule has 2 rings (SSSR count). The molecule has 0 aliphatic carbocycles. The van der Waals surface area contributed by atoms with E-state index in [-0.39, 0.29) is 46.2 Å². The van der Waals surface area contributed by atoms with Crippen LogP contribution in [-0.4, -0.2) is 16.0 Å². The molecule has 4 nitrogen and oxygen atoms in total. The second kappa shape index (κ2) is 6.16. The average Bonchev–Trinajstić information content (AvgIpc) is 2.57. The van der Waals surface area contributed by atoms with E-state index in [4.69, 9.17) is 0 Å². The normalized spacial score (nSPS) is 10.0. The Morgan fingerprint density at radius 3 is 2.53 bits per heavy atom. The van der Waals surface area contributed by atoms with Gasteiger partial charge in [0.15, 0.2) is 11.5 Å². The van der Waals surface area contributed by atoms with E-state index in [0.29, 0.717) is 0 Å². The summed E-state index contributed by atoms with van der Waals surface area (Å²) >= 11 is 1.54. The summed E-state index contributed by atoms with van der Waals surface area (Å²) in [6, 6.07) is 3.99. The van der Waals surface area contributed by atoms with E-state index in [9.17, 15) is 15.0 Å². The Kier molecular flexibility index (Phi) is 5.08. The predicted octanol–water partition coefficient (Wildman–Crippen LogP) is -0.980. The third-order valence-corrected chi connectivity index (χ3v) is 3.84. The molecule has 1 heterocycles. The average molecular weight is 344 g/mol. The monoisotopic (exact) mass is 343 g/mol. The second-order valence-corrected chi connectivity index (χ2v) is 5.44. The number of ketones is 1. The largest absolute Gasteiger partial charge is 1.00 e. The van der Waals surface area contributed by atoms with Crippen molar-refractivity contribution in [2.24, 2.45) is 0 Å². The van der Waals surface area contributed by atoms with Crippen LogP contribution in [0.5, 0.6) is 11.5 Å². The number of Topliss-reactive ketones (excluding diaryl/α,β-unsaturated/α-hetero) is 1. The van der Waals surface area contributed by atoms with Crippen molar-refractivity contribution in [1.82, 2.24) is 0 Å². The molecule has 0 aliphatic rings. The number of phenolic OH excluding ortho intramolecular Hbond substituents is 2. The van der Waals surface area contributed by atoms with Crippen molar-refractivity contribution in [3.8, 4) is 11.5 Å². The van der Waals surface area contributed by atoms with Gasteiger partial charge in [0, 0.05) is 13.0 Å². The Hall–Kier alpha value is -1.40. The second-order valence-electron chi connectivity index (χ2n) is 4.13. The van der Waals surface area contributed by atoms with Gasteiger partial charge in [-0.25, -0.2) is 4.98 Å². The number of carbonyl (C=O) groups is 1. The van der Waals surface area contributed by atoms with E-state index >= 15 is 0 Å². The van der Waals surface area contributed by atoms with Crippen molar-refractivity contribution in [2.45, 2.75) is 20.3 Å². The SMILES string of the molecule is Cc1[nH+]c(CC(=O)c2ccc(O)cc2O)sc1C.[Br-]. The number of aromatic hydroxyl groups is 2. The van der Waals surface area contributed by atoms with Crippen LogP contribution in [0.1, 0.15) is 25.9 Å². The van der Waals surface area contributed by atoms with Gasteiger partial charge in [0.2, 0.25) is 5.01 Å². The molecule has 0 unspecified atom stereocenters. The van der Waals surface area contributed by atoms with Crippen LogP contribution >= 0.6 is 11.3 Å². The minimum atomic E-state index is -0.190. The van der Waals surface area contributed by atoms with Crippen LogP contribution in [0.25, 0.3) is 0 Å². The third-order valence-electron chi connectivity index (χ3n) is 2.73. The lowest BCUT2D eigenvalue weighted by atomic mass is 10.1. The van der Waals surface area contributed by atoms with Crippen molar-refractivity contribution in [1.29, 1.82) is 0 Å². The van der Waals surface area contributed by atoms with Gasteiger partial charge in [0.25, 0.3) is 0 Å². The van der Waals surface area contributed by atoms with Crippen molar-refractivity contribution in [3.05, 3.63) is 39.3 Å². The summed E-state index contributed by atoms with van der Waals surface area (Å²) in [5.74, 6) is -0.423. The van der Waals surface area contributed by atoms with Crippen molar-refractivity contribution in [3.63, 3.8) is 0 Å². The van der Waals surface area contributed by atoms with Crippen LogP contribution < -0.4 is 22.0 Å². The number of hydrogen-bond donors (Lipinski definition) is 2. The maximum absolute atomic E-state index is 12.0. The summed E-state index contributed by atoms with van der Waals surface area (Å²) in [6.45, 7) is 3.94. The number of nitrogens with one attached hydrogen (secondary N) is 1. The summed E-state index contributed by atoms with van der Waals surface area (Å²) < 4.78 is 0. The number of carbonyl (C=O) groups excluding carboxylic acids is 1. The summed E-state index contributed by atoms with van der Waals surface area (Å²) in [5, 5.41) is 19.6. The molecule has 0 saturated carbocycles. The molecule has 0 aliphatic heterocycles. The molecule has 0 radical (unpaired) electrons. The van der Waals surface area contributed by atoms with Gasteiger partial charge in [-0.05, 0) is 19.1 Å². The first-order valence-electron chi connectivity index (χ1n) is 5.50. The van der Waals surface area contributed by atoms with Gasteiger partial charge in [0.05, 0.1) is 10.4 Å². The smallest absolute Gasteiger partial charge is 0.243 e. The number of benzene rings is 1. The summed E-state index contributed by atoms with van der Waals surface area (Å²) in [4.78, 5) is 16.3. The number of hydrogen-bond acceptors (Lipinski definition) is 4. The maximum Gasteiger partial charge on any atom is 0.243 e. The van der Waals surface area contributed by atoms with Crippen LogP contribution in [0.2, 0.25) is 0 Å². The fourth-order valence-electron chi connectivity index (χ4n) is 1.66. The summed E-state index contributed by atoms with van der Waals surface area (Å²) in [7, 11) is 0. The van der Waals surface area contributed by atoms with E-state index in [0.717, 1.165) is 15.6 Å². The van der Waals surface area contributed by atoms with E-state index < -0.39 is 0 Å². The lowest BCUT2D eigenvalue weighted by molar-refractivity contribution is -0.390. The quantitative estimate of drug-likeness (QED) is 0.703. The molecule has 102 valence electrons. The Bertz CT molecular complexity index is 590. The minimum absolute atomic E-state index is 0. The molecule has 0 saturated heterocycles. The zero-order valence-corrected chi connectivity index (χ0v) is 12.9. The molecule has 2 aromatic rings. The van der Waals surface area contributed by atoms with Crippen LogP contribution in [0.4, 0.5) is 0 Å². The lowest BCUT2D eigenvalue weighted by Gasteiger charge is -2.01. The Labute approximate surface area is 125 Å². The topological polar surface area (TPSA) is 71.7 Å². The van der Waals surface area contributed by atoms with E-state index in [1.54, 1.807) is 0 Å². The highest BCUT2D eigenvalue weighted by molar-refractivity contribution is 7.11. The van der Waals surface area contributed by atoms with Gasteiger partial charge in [-0.2, -0.15) is 0 Å². The number of phenols is 2. The Balaban J connectivity index is 0.00000180. The Morgan fingerprint density at radius 1 is 1.32 bits per heavy atom. The highest BCUT2D eigenvalue weighted by Crippen LogP contribution is 2.24. The van der Waals surface area contributed by atoms with Crippen LogP contribution in [-0.2, 0) is 6.42 Å². The Morgan fingerprint density at radius 2 is 2.00 bits per heavy atom. The molecule has 1 aromatic heterocycles. The van der Waals surface area contributed by atoms with Gasteiger partial charge in [0.1, 0.15) is 17.9 Å². The molecule has 0 bridgehead atoms. The van der Waals surface area contributed by atoms with Gasteiger partial charge in [-0.15, -0.1) is 0 Å². The summed E-state index contributed by atoms with van der Waals surface area (Å²) in [6.07, 6.45) is 0.220. The maximum atomic E-state index is 12.0. The minimum Gasteiger partial charge on any atom is -1.00 e. The number of rotatable bonds is 3. The number of aromatic nitrogens is 1. The predicted molar refractivity (Wildman–Crippen MR) is 68.2 cm³/mol. The molecular formula is C13H14BrNO3S. The first-order valence-corrected chi connectivity index (χ1v) is 6.32. The molecule has 6 heteroatoms. The highest BCUT2D eigenvalue weighted by Gasteiger charge is 2.18. The number of thiazole rings is 1. The van der Waals surface area contributed by atoms with Gasteiger partial charge >= 0.3 is 0 Å². The van der Waals surface area contributed by atoms with Gasteiger partial charge in [-0.3, -0.25) is 4.79 Å². The van der Waals surface area contributed by atoms with Crippen LogP contribution in [0, 0.1) is 13.8 Å². The first-order chi connectivity index (χ1) is 8.47. The standard InChI is InChI=1S/C13H13NO3S.BrH/c1-7-8(2)18-13(14-7)6-12(17)10-4-3-9(15)5-11(10)16;/h3-5,15-16H,6H2,1-2H3;1H. The van der Waals surface area contributed by atoms with Crippen molar-refractivity contribution in [2.75, 3.05) is 0 Å². The van der Waals surface area contributed by atoms with Gasteiger partial charge < -0.3 is 27.2 Å². The van der Waals surface area contributed by atoms with E-state index in [1.165, 1.54) is 29.5 Å². The van der Waals surface area contributed by atoms with Crippen LogP contribution in [0.15, 0.2) is 18.2 Å². The number of aromatic amines is 1. The molecule has 3 N–H and O–H groups in total. The first kappa shape index (κ1) is 15.7. The van der Waals surface area contributed by atoms with Crippen molar-refractivity contribution < 1.29 is 37.0 Å². The molecule has 0 fully saturated rings. The molecular weight excluding hydrogens is 330 g/mol. The van der Waals surface area contributed by atoms with Crippen molar-refractivity contribution >= 4 is 17.1 Å². The number of halogens is 1. The lowest BCUT2D eigenvalue weighted by Crippen LogP contribution is -3.00. The molecule has 19 heavy (non-hydrogen) atoms. The number of H-pyrrole nitrogens is 1. The zero-order chi connectivity index (χ0) is 13.3. The molecule has 0 spiro atoms. The third kappa shape index (κ3) is 3.54.